The van der Waals surface area contributed by atoms with Crippen LogP contribution in [0.3, 0.4) is 0 Å². The molecule has 0 bridgehead atoms. The van der Waals surface area contributed by atoms with Gasteiger partial charge in [-0.25, -0.2) is 0 Å². The molecular formula is C17H27N3O4S. The molecule has 25 heavy (non-hydrogen) atoms. The van der Waals surface area contributed by atoms with Gasteiger partial charge in [-0.1, -0.05) is 18.2 Å². The van der Waals surface area contributed by atoms with Crippen molar-refractivity contribution in [3.63, 3.8) is 0 Å². The molecule has 1 saturated heterocycles. The van der Waals surface area contributed by atoms with E-state index >= 15 is 0 Å². The van der Waals surface area contributed by atoms with Crippen LogP contribution in [0.4, 0.5) is 0 Å². The van der Waals surface area contributed by atoms with Crippen molar-refractivity contribution in [1.29, 1.82) is 0 Å². The summed E-state index contributed by atoms with van der Waals surface area (Å²) >= 11 is 0. The first-order valence-electron chi connectivity index (χ1n) is 8.31. The molecule has 1 atom stereocenters. The maximum absolute atomic E-state index is 12.8. The van der Waals surface area contributed by atoms with Crippen LogP contribution in [-0.4, -0.2) is 69.2 Å². The molecule has 0 spiro atoms. The smallest absolute Gasteiger partial charge is 0.281 e. The number of ether oxygens (including phenoxy) is 1. The largest absolute Gasteiger partial charge is 0.496 e. The van der Waals surface area contributed by atoms with E-state index in [0.717, 1.165) is 11.3 Å². The van der Waals surface area contributed by atoms with Gasteiger partial charge in [-0.2, -0.15) is 17.0 Å². The topological polar surface area (TPSA) is 70.2 Å². The monoisotopic (exact) mass is 369 g/mol. The number of para-hydroxylation sites is 1. The fourth-order valence-corrected chi connectivity index (χ4v) is 4.25. The van der Waals surface area contributed by atoms with E-state index in [9.17, 15) is 13.2 Å². The lowest BCUT2D eigenvalue weighted by Gasteiger charge is -2.34. The van der Waals surface area contributed by atoms with Gasteiger partial charge in [0.1, 0.15) is 5.75 Å². The summed E-state index contributed by atoms with van der Waals surface area (Å²) in [5.41, 5.74) is 0.925. The minimum Gasteiger partial charge on any atom is -0.496 e. The summed E-state index contributed by atoms with van der Waals surface area (Å²) in [5.74, 6) is 0.385. The van der Waals surface area contributed by atoms with Crippen LogP contribution >= 0.6 is 0 Å². The van der Waals surface area contributed by atoms with E-state index in [1.54, 1.807) is 19.1 Å². The molecule has 1 aliphatic rings. The molecule has 1 aromatic rings. The average Bonchev–Trinajstić information content (AvgIpc) is 2.61. The molecule has 0 N–H and O–H groups in total. The number of hydrogen-bond acceptors (Lipinski definition) is 4. The number of methoxy groups -OCH3 is 1. The SMILES string of the molecule is COc1ccccc1CN(C)C(=O)C1CCCN(S(=O)(=O)N(C)C)C1. The Morgan fingerprint density at radius 2 is 1.96 bits per heavy atom. The zero-order chi connectivity index (χ0) is 18.6. The molecule has 0 aromatic heterocycles. The Hall–Kier alpha value is -1.64. The first-order chi connectivity index (χ1) is 11.8. The van der Waals surface area contributed by atoms with Gasteiger partial charge in [-0.15, -0.1) is 0 Å². The third kappa shape index (κ3) is 4.50. The highest BCUT2D eigenvalue weighted by Crippen LogP contribution is 2.24. The van der Waals surface area contributed by atoms with Crippen LogP contribution < -0.4 is 4.74 Å². The fraction of sp³-hybridized carbons (Fsp3) is 0.588. The average molecular weight is 369 g/mol. The number of benzene rings is 1. The minimum atomic E-state index is -3.49. The summed E-state index contributed by atoms with van der Waals surface area (Å²) in [4.78, 5) is 14.4. The van der Waals surface area contributed by atoms with Gasteiger partial charge in [0.15, 0.2) is 0 Å². The molecule has 0 radical (unpaired) electrons. The van der Waals surface area contributed by atoms with Gasteiger partial charge in [0.25, 0.3) is 10.2 Å². The van der Waals surface area contributed by atoms with E-state index in [1.807, 2.05) is 24.3 Å². The zero-order valence-electron chi connectivity index (χ0n) is 15.3. The van der Waals surface area contributed by atoms with Gasteiger partial charge < -0.3 is 9.64 Å². The lowest BCUT2D eigenvalue weighted by molar-refractivity contribution is -0.135. The second-order valence-corrected chi connectivity index (χ2v) is 8.64. The Morgan fingerprint density at radius 1 is 1.28 bits per heavy atom. The van der Waals surface area contributed by atoms with E-state index in [0.29, 0.717) is 25.9 Å². The molecule has 1 aromatic carbocycles. The first-order valence-corrected chi connectivity index (χ1v) is 9.71. The summed E-state index contributed by atoms with van der Waals surface area (Å²) in [6.07, 6.45) is 1.39. The van der Waals surface area contributed by atoms with Crippen LogP contribution in [0.2, 0.25) is 0 Å². The molecule has 1 heterocycles. The van der Waals surface area contributed by atoms with Gasteiger partial charge in [0.05, 0.1) is 13.0 Å². The van der Waals surface area contributed by atoms with Gasteiger partial charge >= 0.3 is 0 Å². The standard InChI is InChI=1S/C17H27N3O4S/c1-18(2)25(22,23)20-11-7-9-15(13-20)17(21)19(3)12-14-8-5-6-10-16(14)24-4/h5-6,8,10,15H,7,9,11-13H2,1-4H3. The first kappa shape index (κ1) is 19.7. The van der Waals surface area contributed by atoms with Crippen LogP contribution in [0.15, 0.2) is 24.3 Å². The molecule has 1 fully saturated rings. The normalized spacial score (nSPS) is 19.0. The Bertz CT molecular complexity index is 706. The van der Waals surface area contributed by atoms with E-state index in [-0.39, 0.29) is 18.4 Å². The summed E-state index contributed by atoms with van der Waals surface area (Å²) in [7, 11) is 2.88. The molecule has 0 saturated carbocycles. The number of carbonyl (C=O) groups excluding carboxylic acids is 1. The highest BCUT2D eigenvalue weighted by atomic mass is 32.2. The predicted octanol–water partition coefficient (Wildman–Crippen LogP) is 1.17. The summed E-state index contributed by atoms with van der Waals surface area (Å²) in [5, 5.41) is 0. The van der Waals surface area contributed by atoms with Crippen molar-refractivity contribution in [3.8, 4) is 5.75 Å². The molecule has 7 nitrogen and oxygen atoms in total. The second kappa shape index (κ2) is 8.16. The van der Waals surface area contributed by atoms with E-state index in [1.165, 1.54) is 22.7 Å². The third-order valence-corrected chi connectivity index (χ3v) is 6.40. The van der Waals surface area contributed by atoms with Gasteiger partial charge in [-0.3, -0.25) is 4.79 Å². The van der Waals surface area contributed by atoms with Gasteiger partial charge in [0, 0.05) is 46.3 Å². The van der Waals surface area contributed by atoms with E-state index < -0.39 is 10.2 Å². The van der Waals surface area contributed by atoms with Crippen molar-refractivity contribution >= 4 is 16.1 Å². The van der Waals surface area contributed by atoms with Crippen molar-refractivity contribution < 1.29 is 17.9 Å². The Morgan fingerprint density at radius 3 is 2.60 bits per heavy atom. The van der Waals surface area contributed by atoms with Crippen LogP contribution in [0.1, 0.15) is 18.4 Å². The summed E-state index contributed by atoms with van der Waals surface area (Å²) in [6.45, 7) is 1.12. The van der Waals surface area contributed by atoms with Crippen LogP contribution in [0.25, 0.3) is 0 Å². The lowest BCUT2D eigenvalue weighted by Crippen LogP contribution is -2.49. The minimum absolute atomic E-state index is 0.0374. The Balaban J connectivity index is 2.06. The molecule has 1 unspecified atom stereocenters. The molecule has 1 amide bonds. The molecular weight excluding hydrogens is 342 g/mol. The summed E-state index contributed by atoms with van der Waals surface area (Å²) < 4.78 is 32.5. The number of amides is 1. The molecule has 140 valence electrons. The third-order valence-electron chi connectivity index (χ3n) is 4.50. The fourth-order valence-electron chi connectivity index (χ4n) is 3.06. The summed E-state index contributed by atoms with van der Waals surface area (Å²) in [6, 6.07) is 7.57. The maximum Gasteiger partial charge on any atom is 0.281 e. The number of nitrogens with zero attached hydrogens (tertiary/aromatic N) is 3. The van der Waals surface area contributed by atoms with Crippen LogP contribution in [-0.2, 0) is 21.5 Å². The van der Waals surface area contributed by atoms with E-state index in [2.05, 4.69) is 0 Å². The molecule has 0 aliphatic carbocycles. The van der Waals surface area contributed by atoms with Crippen molar-refractivity contribution in [2.24, 2.45) is 5.92 Å². The van der Waals surface area contributed by atoms with Crippen molar-refractivity contribution in [1.82, 2.24) is 13.5 Å². The number of piperidine rings is 1. The molecule has 2 rings (SSSR count). The Kier molecular flexibility index (Phi) is 6.42. The highest BCUT2D eigenvalue weighted by Gasteiger charge is 2.34. The van der Waals surface area contributed by atoms with Gasteiger partial charge in [0.2, 0.25) is 5.91 Å². The second-order valence-electron chi connectivity index (χ2n) is 6.49. The van der Waals surface area contributed by atoms with Crippen molar-refractivity contribution in [3.05, 3.63) is 29.8 Å². The zero-order valence-corrected chi connectivity index (χ0v) is 16.1. The van der Waals surface area contributed by atoms with Crippen molar-refractivity contribution in [2.45, 2.75) is 19.4 Å². The van der Waals surface area contributed by atoms with Crippen LogP contribution in [0.5, 0.6) is 5.75 Å². The quantitative estimate of drug-likeness (QED) is 0.755. The molecule has 8 heteroatoms. The van der Waals surface area contributed by atoms with Crippen LogP contribution in [0, 0.1) is 5.92 Å². The Labute approximate surface area is 150 Å². The predicted molar refractivity (Wildman–Crippen MR) is 96.4 cm³/mol. The highest BCUT2D eigenvalue weighted by molar-refractivity contribution is 7.86. The number of hydrogen-bond donors (Lipinski definition) is 0. The van der Waals surface area contributed by atoms with E-state index in [4.69, 9.17) is 4.74 Å². The number of rotatable bonds is 6. The number of carbonyl (C=O) groups is 1. The lowest BCUT2D eigenvalue weighted by atomic mass is 9.98. The molecule has 1 aliphatic heterocycles. The van der Waals surface area contributed by atoms with Crippen molar-refractivity contribution in [2.75, 3.05) is 41.3 Å². The maximum atomic E-state index is 12.8. The van der Waals surface area contributed by atoms with Gasteiger partial charge in [-0.05, 0) is 18.9 Å².